The van der Waals surface area contributed by atoms with E-state index >= 15 is 0 Å². The Hall–Kier alpha value is -3.94. The zero-order valence-electron chi connectivity index (χ0n) is 21.7. The van der Waals surface area contributed by atoms with Gasteiger partial charge in [0.2, 0.25) is 34.4 Å². The van der Waals surface area contributed by atoms with Gasteiger partial charge in [-0.15, -0.1) is 0 Å². The second kappa shape index (κ2) is 12.5. The fourth-order valence-corrected chi connectivity index (χ4v) is 5.34. The van der Waals surface area contributed by atoms with E-state index in [0.29, 0.717) is 22.5 Å². The Morgan fingerprint density at radius 1 is 0.619 bits per heavy atom. The Labute approximate surface area is 249 Å². The smallest absolute Gasteiger partial charge is 0.294 e. The van der Waals surface area contributed by atoms with Crippen molar-refractivity contribution in [1.82, 2.24) is 29.9 Å². The van der Waals surface area contributed by atoms with Crippen molar-refractivity contribution >= 4 is 78.6 Å². The molecule has 0 saturated carbocycles. The van der Waals surface area contributed by atoms with Crippen molar-refractivity contribution in [2.45, 2.75) is 23.6 Å². The first-order chi connectivity index (χ1) is 19.7. The van der Waals surface area contributed by atoms with Crippen molar-refractivity contribution in [1.29, 1.82) is 0 Å². The Kier molecular flexibility index (Phi) is 9.24. The second-order valence-corrected chi connectivity index (χ2v) is 12.0. The van der Waals surface area contributed by atoms with E-state index in [1.54, 1.807) is 0 Å². The predicted molar refractivity (Wildman–Crippen MR) is 155 cm³/mol. The third-order valence-corrected chi connectivity index (χ3v) is 7.69. The topological polar surface area (TPSA) is 234 Å². The number of benzene rings is 2. The molecule has 0 unspecified atom stereocenters. The molecule has 0 amide bonds. The third kappa shape index (κ3) is 8.30. The molecular formula is C22H22Cl2N10O6S2. The lowest BCUT2D eigenvalue weighted by Gasteiger charge is -2.11. The molecule has 0 aliphatic carbocycles. The Morgan fingerprint density at radius 3 is 1.31 bits per heavy atom. The van der Waals surface area contributed by atoms with Gasteiger partial charge in [0, 0.05) is 24.5 Å². The zero-order valence-corrected chi connectivity index (χ0v) is 24.8. The SMILES string of the molecule is Cc1cc(Nc2nc(Cl)nc(NCCNc3nc(Cl)nc(Nc4ccc(S(=O)(=O)O)c(C)c4)n3)n2)ccc1S(=O)(=O)O. The van der Waals surface area contributed by atoms with Gasteiger partial charge in [-0.1, -0.05) is 0 Å². The minimum Gasteiger partial charge on any atom is -0.352 e. The summed E-state index contributed by atoms with van der Waals surface area (Å²) in [5.41, 5.74) is 1.54. The molecule has 4 rings (SSSR count). The normalized spacial score (nSPS) is 11.7. The molecule has 0 fully saturated rings. The minimum absolute atomic E-state index is 0.0873. The van der Waals surface area contributed by atoms with Crippen LogP contribution >= 0.6 is 23.2 Å². The van der Waals surface area contributed by atoms with Crippen LogP contribution in [0, 0.1) is 13.8 Å². The van der Waals surface area contributed by atoms with Gasteiger partial charge in [0.05, 0.1) is 9.79 Å². The molecule has 2 aromatic carbocycles. The van der Waals surface area contributed by atoms with Crippen LogP contribution in [0.15, 0.2) is 46.2 Å². The highest BCUT2D eigenvalue weighted by Crippen LogP contribution is 2.23. The number of nitrogens with zero attached hydrogens (tertiary/aromatic N) is 6. The van der Waals surface area contributed by atoms with Crippen LogP contribution < -0.4 is 21.3 Å². The number of aryl methyl sites for hydroxylation is 2. The quantitative estimate of drug-likeness (QED) is 0.100. The molecule has 4 aromatic rings. The number of hydrogen-bond donors (Lipinski definition) is 6. The summed E-state index contributed by atoms with van der Waals surface area (Å²) >= 11 is 12.0. The summed E-state index contributed by atoms with van der Waals surface area (Å²) in [7, 11) is -8.70. The maximum Gasteiger partial charge on any atom is 0.294 e. The molecule has 0 spiro atoms. The van der Waals surface area contributed by atoms with Crippen molar-refractivity contribution in [2.24, 2.45) is 0 Å². The summed E-state index contributed by atoms with van der Waals surface area (Å²) in [6, 6.07) is 8.35. The molecule has 0 aliphatic heterocycles. The van der Waals surface area contributed by atoms with Gasteiger partial charge in [0.25, 0.3) is 20.2 Å². The van der Waals surface area contributed by atoms with Crippen molar-refractivity contribution in [3.8, 4) is 0 Å². The largest absolute Gasteiger partial charge is 0.352 e. The lowest BCUT2D eigenvalue weighted by Crippen LogP contribution is -2.17. The van der Waals surface area contributed by atoms with E-state index in [9.17, 15) is 25.9 Å². The predicted octanol–water partition coefficient (Wildman–Crippen LogP) is 3.48. The second-order valence-electron chi connectivity index (χ2n) is 8.52. The van der Waals surface area contributed by atoms with E-state index < -0.39 is 20.2 Å². The van der Waals surface area contributed by atoms with Gasteiger partial charge in [-0.05, 0) is 84.6 Å². The van der Waals surface area contributed by atoms with Crippen LogP contribution in [-0.4, -0.2) is 68.9 Å². The molecule has 2 aromatic heterocycles. The first-order valence-electron chi connectivity index (χ1n) is 11.7. The lowest BCUT2D eigenvalue weighted by atomic mass is 10.2. The number of anilines is 6. The molecular weight excluding hydrogens is 635 g/mol. The molecule has 0 atom stereocenters. The summed E-state index contributed by atoms with van der Waals surface area (Å²) in [5, 5.41) is 11.5. The summed E-state index contributed by atoms with van der Waals surface area (Å²) in [5.74, 6) is 0.462. The van der Waals surface area contributed by atoms with Gasteiger partial charge >= 0.3 is 0 Å². The van der Waals surface area contributed by atoms with Crippen molar-refractivity contribution in [3.63, 3.8) is 0 Å². The number of nitrogens with one attached hydrogen (secondary N) is 4. The van der Waals surface area contributed by atoms with Crippen LogP contribution in [0.5, 0.6) is 0 Å². The molecule has 6 N–H and O–H groups in total. The standard InChI is InChI=1S/C22H22Cl2N10O6S2/c1-11-9-13(3-5-15(11)41(35,36)37)27-21-31-17(23)29-19(33-21)25-7-8-26-20-30-18(24)32-22(34-20)28-14-4-6-16(12(2)10-14)42(38,39)40/h3-6,9-10H,7-8H2,1-2H3,(H,35,36,37)(H,38,39,40)(H2,25,27,29,31,33)(H2,26,28,30,32,34). The number of hydrogen-bond acceptors (Lipinski definition) is 14. The molecule has 222 valence electrons. The summed E-state index contributed by atoms with van der Waals surface area (Å²) < 4.78 is 64.2. The van der Waals surface area contributed by atoms with Crippen LogP contribution in [-0.2, 0) is 20.2 Å². The van der Waals surface area contributed by atoms with Gasteiger partial charge in [-0.2, -0.15) is 46.7 Å². The first-order valence-corrected chi connectivity index (χ1v) is 15.3. The maximum atomic E-state index is 11.4. The summed E-state index contributed by atoms with van der Waals surface area (Å²) in [4.78, 5) is 24.0. The van der Waals surface area contributed by atoms with Crippen molar-refractivity contribution in [2.75, 3.05) is 34.4 Å². The van der Waals surface area contributed by atoms with Crippen LogP contribution in [0.1, 0.15) is 11.1 Å². The average Bonchev–Trinajstić information content (AvgIpc) is 2.84. The zero-order chi connectivity index (χ0) is 30.7. The van der Waals surface area contributed by atoms with E-state index in [-0.39, 0.29) is 57.2 Å². The fourth-order valence-electron chi connectivity index (χ4n) is 3.61. The van der Waals surface area contributed by atoms with E-state index in [4.69, 9.17) is 23.2 Å². The highest BCUT2D eigenvalue weighted by molar-refractivity contribution is 7.86. The molecule has 16 nitrogen and oxygen atoms in total. The molecule has 0 saturated heterocycles. The molecule has 20 heteroatoms. The van der Waals surface area contributed by atoms with Gasteiger partial charge in [-0.3, -0.25) is 9.11 Å². The molecule has 0 bridgehead atoms. The highest BCUT2D eigenvalue weighted by Gasteiger charge is 2.15. The molecule has 2 heterocycles. The summed E-state index contributed by atoms with van der Waals surface area (Å²) in [6.07, 6.45) is 0. The monoisotopic (exact) mass is 656 g/mol. The minimum atomic E-state index is -4.35. The van der Waals surface area contributed by atoms with E-state index in [2.05, 4.69) is 51.2 Å². The molecule has 0 radical (unpaired) electrons. The van der Waals surface area contributed by atoms with Crippen molar-refractivity contribution < 1.29 is 25.9 Å². The van der Waals surface area contributed by atoms with E-state index in [1.807, 2.05) is 0 Å². The molecule has 42 heavy (non-hydrogen) atoms. The molecule has 0 aliphatic rings. The number of rotatable bonds is 11. The first kappa shape index (κ1) is 31.0. The van der Waals surface area contributed by atoms with Gasteiger partial charge in [0.1, 0.15) is 0 Å². The van der Waals surface area contributed by atoms with Crippen LogP contribution in [0.2, 0.25) is 10.6 Å². The summed E-state index contributed by atoms with van der Waals surface area (Å²) in [6.45, 7) is 3.62. The Balaban J connectivity index is 1.36. The van der Waals surface area contributed by atoms with Gasteiger partial charge < -0.3 is 21.3 Å². The lowest BCUT2D eigenvalue weighted by molar-refractivity contribution is 0.480. The number of halogens is 2. The van der Waals surface area contributed by atoms with Gasteiger partial charge in [-0.25, -0.2) is 0 Å². The fraction of sp³-hybridized carbons (Fsp3) is 0.182. The van der Waals surface area contributed by atoms with E-state index in [1.165, 1.54) is 50.2 Å². The van der Waals surface area contributed by atoms with Crippen LogP contribution in [0.25, 0.3) is 0 Å². The van der Waals surface area contributed by atoms with Crippen LogP contribution in [0.3, 0.4) is 0 Å². The average molecular weight is 658 g/mol. The third-order valence-electron chi connectivity index (χ3n) is 5.33. The number of aromatic nitrogens is 6. The Bertz CT molecular complexity index is 1730. The maximum absolute atomic E-state index is 11.4. The highest BCUT2D eigenvalue weighted by atomic mass is 35.5. The van der Waals surface area contributed by atoms with Crippen molar-refractivity contribution in [3.05, 3.63) is 58.1 Å². The van der Waals surface area contributed by atoms with Gasteiger partial charge in [0.15, 0.2) is 0 Å². The Morgan fingerprint density at radius 2 is 0.976 bits per heavy atom. The van der Waals surface area contributed by atoms with Crippen LogP contribution in [0.4, 0.5) is 35.2 Å². The van der Waals surface area contributed by atoms with E-state index in [0.717, 1.165) is 0 Å².